The van der Waals surface area contributed by atoms with Crippen LogP contribution >= 0.6 is 47.0 Å². The Labute approximate surface area is 672 Å². The highest BCUT2D eigenvalue weighted by atomic mass is 32.2. The summed E-state index contributed by atoms with van der Waals surface area (Å²) in [6.45, 7) is 26.9. The van der Waals surface area contributed by atoms with Crippen molar-refractivity contribution in [2.45, 2.75) is 170 Å². The molecule has 4 saturated heterocycles. The highest BCUT2D eigenvalue weighted by molar-refractivity contribution is 8.00. The third-order valence-electron chi connectivity index (χ3n) is 20.3. The average Bonchev–Trinajstić information content (AvgIpc) is 1.11. The Balaban J connectivity index is 0.000000171. The molecule has 2 unspecified atom stereocenters. The van der Waals surface area contributed by atoms with E-state index in [1.165, 1.54) is 71.3 Å². The topological polar surface area (TPSA) is 302 Å². The number of hydrogen-bond acceptors (Lipinski definition) is 20. The van der Waals surface area contributed by atoms with Gasteiger partial charge in [0.25, 0.3) is 46.4 Å². The van der Waals surface area contributed by atoms with Crippen molar-refractivity contribution in [3.8, 4) is 0 Å². The van der Waals surface area contributed by atoms with E-state index in [-0.39, 0.29) is 46.4 Å². The van der Waals surface area contributed by atoms with Gasteiger partial charge in [-0.3, -0.25) is 79.2 Å². The number of benzene rings is 8. The molecule has 592 valence electrons. The molecular formula is C84H100N12O12S4. The lowest BCUT2D eigenvalue weighted by Gasteiger charge is -2.22. The molecule has 4 aliphatic rings. The number of rotatable bonds is 28. The number of nitrogens with one attached hydrogen (secondary N) is 4. The SMILES string of the molecule is CCN1CCCC1CNC(=O)c1ccc(Sc2ccc(C)cc2)c([N+](=O)[O-])c1.CCN1CCCC1CNC(=O)c1ccc(Sc2ccc(C)cc2)c([N+](=O)[O-])c1.CCN1CCC[C@@H]1CNC(=O)c1ccc(Sc2ccc(C)cc2)c([N+](=O)[O-])c1.CCN1CCC[C@H]1CNC(=O)c1ccc(Sc2ccc(C)cc2)c([N+](=O)[O-])c1. The van der Waals surface area contributed by atoms with Crippen LogP contribution in [0.4, 0.5) is 22.7 Å². The molecule has 8 aromatic carbocycles. The van der Waals surface area contributed by atoms with Crippen molar-refractivity contribution in [2.75, 3.05) is 78.5 Å². The first-order valence-electron chi connectivity index (χ1n) is 38.1. The van der Waals surface area contributed by atoms with Gasteiger partial charge in [0.1, 0.15) is 0 Å². The summed E-state index contributed by atoms with van der Waals surface area (Å²) in [6.07, 6.45) is 8.85. The molecule has 0 bridgehead atoms. The van der Waals surface area contributed by atoms with E-state index in [0.717, 1.165) is 146 Å². The summed E-state index contributed by atoms with van der Waals surface area (Å²) in [7, 11) is 0. The van der Waals surface area contributed by atoms with Gasteiger partial charge in [0, 0.05) is 116 Å². The predicted octanol–water partition coefficient (Wildman–Crippen LogP) is 17.1. The van der Waals surface area contributed by atoms with Crippen molar-refractivity contribution in [3.05, 3.63) is 255 Å². The minimum atomic E-state index is -0.427. The van der Waals surface area contributed by atoms with Crippen LogP contribution in [0.2, 0.25) is 0 Å². The number of nitrogens with zero attached hydrogens (tertiary/aromatic N) is 8. The number of amides is 4. The number of likely N-dealkylation sites (N-methyl/N-ethyl adjacent to an activating group) is 4. The zero-order valence-electron chi connectivity index (χ0n) is 64.7. The number of aryl methyl sites for hydroxylation is 4. The number of carbonyl (C=O) groups excluding carboxylic acids is 4. The standard InChI is InChI=1S/4C21H25N3O3S/c4*1-3-23-12-4-5-17(23)14-22-21(25)16-8-11-20(19(13-16)24(26)27)28-18-9-6-15(2)7-10-18/h4*6-11,13,17H,3-5,12,14H2,1-2H3,(H,22,25)/t2*17-;;/m10../s1. The Morgan fingerprint density at radius 1 is 0.321 bits per heavy atom. The quantitative estimate of drug-likeness (QED) is 0.0262. The van der Waals surface area contributed by atoms with Crippen LogP contribution in [0.25, 0.3) is 0 Å². The largest absolute Gasteiger partial charge is 0.350 e. The molecule has 4 atom stereocenters. The van der Waals surface area contributed by atoms with Crippen molar-refractivity contribution >= 4 is 93.4 Å². The van der Waals surface area contributed by atoms with Gasteiger partial charge < -0.3 is 21.3 Å². The summed E-state index contributed by atoms with van der Waals surface area (Å²) in [5, 5.41) is 57.9. The molecule has 4 N–H and O–H groups in total. The highest BCUT2D eigenvalue weighted by Crippen LogP contribution is 2.40. The average molecular weight is 1600 g/mol. The van der Waals surface area contributed by atoms with E-state index in [1.54, 1.807) is 48.5 Å². The third-order valence-corrected chi connectivity index (χ3v) is 24.6. The molecule has 4 fully saturated rings. The van der Waals surface area contributed by atoms with E-state index >= 15 is 0 Å². The van der Waals surface area contributed by atoms with E-state index in [0.29, 0.717) is 92.2 Å². The van der Waals surface area contributed by atoms with Crippen LogP contribution in [0.5, 0.6) is 0 Å². The van der Waals surface area contributed by atoms with E-state index < -0.39 is 19.7 Å². The van der Waals surface area contributed by atoms with Gasteiger partial charge in [-0.2, -0.15) is 0 Å². The summed E-state index contributed by atoms with van der Waals surface area (Å²) >= 11 is 5.31. The van der Waals surface area contributed by atoms with Crippen LogP contribution in [0, 0.1) is 68.2 Å². The molecule has 28 heteroatoms. The number of hydrogen-bond donors (Lipinski definition) is 4. The molecule has 24 nitrogen and oxygen atoms in total. The van der Waals surface area contributed by atoms with Gasteiger partial charge in [-0.1, -0.05) is 146 Å². The Morgan fingerprint density at radius 3 is 0.679 bits per heavy atom. The maximum atomic E-state index is 12.5. The van der Waals surface area contributed by atoms with E-state index in [1.807, 2.05) is 125 Å². The normalized spacial score (nSPS) is 16.9. The number of nitro groups is 4. The minimum Gasteiger partial charge on any atom is -0.350 e. The molecule has 12 rings (SSSR count). The lowest BCUT2D eigenvalue weighted by molar-refractivity contribution is -0.387. The Bertz CT molecular complexity index is 3990. The van der Waals surface area contributed by atoms with Crippen molar-refractivity contribution in [1.82, 2.24) is 40.9 Å². The van der Waals surface area contributed by atoms with Gasteiger partial charge in [-0.25, -0.2) is 0 Å². The van der Waals surface area contributed by atoms with E-state index in [4.69, 9.17) is 0 Å². The summed E-state index contributed by atoms with van der Waals surface area (Å²) < 4.78 is 0. The predicted molar refractivity (Wildman–Crippen MR) is 444 cm³/mol. The van der Waals surface area contributed by atoms with Gasteiger partial charge in [0.2, 0.25) is 0 Å². The zero-order valence-corrected chi connectivity index (χ0v) is 68.0. The van der Waals surface area contributed by atoms with Gasteiger partial charge in [-0.15, -0.1) is 0 Å². The number of likely N-dealkylation sites (tertiary alicyclic amines) is 4. The Hall–Kier alpha value is -9.52. The van der Waals surface area contributed by atoms with Gasteiger partial charge in [-0.05, 0) is 228 Å². The fourth-order valence-corrected chi connectivity index (χ4v) is 17.5. The Kier molecular flexibility index (Phi) is 33.1. The Morgan fingerprint density at radius 2 is 0.509 bits per heavy atom. The second-order valence-electron chi connectivity index (χ2n) is 28.0. The third kappa shape index (κ3) is 25.2. The fourth-order valence-electron chi connectivity index (χ4n) is 13.9. The highest BCUT2D eigenvalue weighted by Gasteiger charge is 2.30. The van der Waals surface area contributed by atoms with Crippen LogP contribution in [-0.4, -0.2) is 166 Å². The van der Waals surface area contributed by atoms with E-state index in [9.17, 15) is 59.6 Å². The lowest BCUT2D eigenvalue weighted by atomic mass is 10.1. The van der Waals surface area contributed by atoms with Crippen molar-refractivity contribution in [1.29, 1.82) is 0 Å². The van der Waals surface area contributed by atoms with Crippen molar-refractivity contribution in [3.63, 3.8) is 0 Å². The molecule has 0 saturated carbocycles. The second kappa shape index (κ2) is 42.9. The maximum absolute atomic E-state index is 12.5. The molecule has 112 heavy (non-hydrogen) atoms. The lowest BCUT2D eigenvalue weighted by Crippen LogP contribution is -2.40. The fraction of sp³-hybridized carbons (Fsp3) is 0.381. The molecule has 0 spiro atoms. The molecule has 4 aliphatic heterocycles. The first kappa shape index (κ1) is 86.5. The monoisotopic (exact) mass is 1600 g/mol. The summed E-state index contributed by atoms with van der Waals surface area (Å²) in [4.78, 5) is 110. The summed E-state index contributed by atoms with van der Waals surface area (Å²) in [5.74, 6) is -1.06. The first-order valence-corrected chi connectivity index (χ1v) is 41.4. The molecule has 8 aromatic rings. The molecule has 4 heterocycles. The smallest absolute Gasteiger partial charge is 0.284 e. The van der Waals surface area contributed by atoms with Crippen LogP contribution < -0.4 is 21.3 Å². The van der Waals surface area contributed by atoms with Crippen LogP contribution in [0.3, 0.4) is 0 Å². The molecule has 4 amide bonds. The minimum absolute atomic E-state index is 0.0470. The van der Waals surface area contributed by atoms with Crippen LogP contribution in [0.15, 0.2) is 209 Å². The van der Waals surface area contributed by atoms with E-state index in [2.05, 4.69) is 68.6 Å². The van der Waals surface area contributed by atoms with Crippen molar-refractivity contribution < 1.29 is 38.9 Å². The van der Waals surface area contributed by atoms with Gasteiger partial charge in [0.05, 0.1) is 39.3 Å². The maximum Gasteiger partial charge on any atom is 0.284 e. The number of nitro benzene ring substituents is 4. The molecule has 0 radical (unpaired) electrons. The second-order valence-corrected chi connectivity index (χ2v) is 32.4. The van der Waals surface area contributed by atoms with Crippen LogP contribution in [-0.2, 0) is 0 Å². The molecular weight excluding hydrogens is 1500 g/mol. The zero-order chi connectivity index (χ0) is 80.4. The van der Waals surface area contributed by atoms with Crippen molar-refractivity contribution in [2.24, 2.45) is 0 Å². The summed E-state index contributed by atoms with van der Waals surface area (Å²) in [5.41, 5.74) is 5.63. The van der Waals surface area contributed by atoms with Gasteiger partial charge >= 0.3 is 0 Å². The summed E-state index contributed by atoms with van der Waals surface area (Å²) in [6, 6.07) is 51.4. The first-order chi connectivity index (χ1) is 53.9. The van der Waals surface area contributed by atoms with Gasteiger partial charge in [0.15, 0.2) is 0 Å². The van der Waals surface area contributed by atoms with Crippen LogP contribution in [0.1, 0.15) is 143 Å². The molecule has 0 aromatic heterocycles. The number of carbonyl (C=O) groups is 4. The molecule has 0 aliphatic carbocycles.